The van der Waals surface area contributed by atoms with E-state index in [9.17, 15) is 4.79 Å². The molecule has 0 spiro atoms. The molecule has 2 heterocycles. The highest BCUT2D eigenvalue weighted by atomic mass is 32.1. The zero-order valence-corrected chi connectivity index (χ0v) is 8.41. The molecule has 14 heavy (non-hydrogen) atoms. The van der Waals surface area contributed by atoms with Crippen LogP contribution in [0.1, 0.15) is 16.1 Å². The lowest BCUT2D eigenvalue weighted by atomic mass is 10.2. The monoisotopic (exact) mass is 204 g/mol. The normalized spacial score (nSPS) is 10.1. The summed E-state index contributed by atoms with van der Waals surface area (Å²) >= 11 is 1.55. The number of aryl methyl sites for hydroxylation is 1. The molecule has 0 aromatic carbocycles. The van der Waals surface area contributed by atoms with Crippen LogP contribution >= 0.6 is 11.3 Å². The van der Waals surface area contributed by atoms with Gasteiger partial charge in [0.05, 0.1) is 16.1 Å². The highest BCUT2D eigenvalue weighted by Gasteiger charge is 2.05. The first-order chi connectivity index (χ1) is 6.81. The van der Waals surface area contributed by atoms with Crippen molar-refractivity contribution in [2.24, 2.45) is 0 Å². The molecule has 0 bridgehead atoms. The quantitative estimate of drug-likeness (QED) is 0.705. The lowest BCUT2D eigenvalue weighted by Crippen LogP contribution is -1.85. The largest absolute Gasteiger partial charge is 0.298 e. The van der Waals surface area contributed by atoms with E-state index in [-0.39, 0.29) is 0 Å². The molecule has 3 nitrogen and oxygen atoms in total. The lowest BCUT2D eigenvalue weighted by molar-refractivity contribution is 0.112. The summed E-state index contributed by atoms with van der Waals surface area (Å²) in [5.41, 5.74) is 4.31. The average molecular weight is 204 g/mol. The van der Waals surface area contributed by atoms with Crippen molar-refractivity contribution in [3.05, 3.63) is 35.2 Å². The number of pyridine rings is 1. The van der Waals surface area contributed by atoms with Gasteiger partial charge in [-0.3, -0.25) is 9.78 Å². The number of aldehydes is 1. The third kappa shape index (κ3) is 1.56. The van der Waals surface area contributed by atoms with Crippen LogP contribution < -0.4 is 0 Å². The number of carbonyl (C=O) groups is 1. The Morgan fingerprint density at radius 3 is 2.93 bits per heavy atom. The van der Waals surface area contributed by atoms with Crippen LogP contribution in [0.15, 0.2) is 24.0 Å². The van der Waals surface area contributed by atoms with Crippen molar-refractivity contribution in [2.45, 2.75) is 6.92 Å². The first-order valence-electron chi connectivity index (χ1n) is 4.12. The first kappa shape index (κ1) is 9.02. The first-order valence-corrected chi connectivity index (χ1v) is 5.00. The molecule has 0 N–H and O–H groups in total. The van der Waals surface area contributed by atoms with Crippen LogP contribution in [-0.4, -0.2) is 16.3 Å². The Labute approximate surface area is 85.5 Å². The molecule has 0 saturated heterocycles. The summed E-state index contributed by atoms with van der Waals surface area (Å²) < 4.78 is 0. The number of rotatable bonds is 2. The highest BCUT2D eigenvalue weighted by molar-refractivity contribution is 7.13. The van der Waals surface area contributed by atoms with E-state index in [1.807, 2.05) is 13.0 Å². The van der Waals surface area contributed by atoms with Gasteiger partial charge in [-0.05, 0) is 13.0 Å². The van der Waals surface area contributed by atoms with Crippen molar-refractivity contribution in [2.75, 3.05) is 0 Å². The fourth-order valence-corrected chi connectivity index (χ4v) is 2.01. The smallest absolute Gasteiger partial charge is 0.151 e. The summed E-state index contributed by atoms with van der Waals surface area (Å²) in [6, 6.07) is 1.82. The minimum atomic E-state index is 0.593. The van der Waals surface area contributed by atoms with Gasteiger partial charge >= 0.3 is 0 Å². The molecule has 0 atom stereocenters. The summed E-state index contributed by atoms with van der Waals surface area (Å²) in [5.74, 6) is 0. The van der Waals surface area contributed by atoms with Crippen LogP contribution in [-0.2, 0) is 0 Å². The SMILES string of the molecule is Cc1ncsc1-c1cncc(C=O)c1. The Bertz CT molecular complexity index is 465. The zero-order valence-electron chi connectivity index (χ0n) is 7.60. The maximum Gasteiger partial charge on any atom is 0.151 e. The summed E-state index contributed by atoms with van der Waals surface area (Å²) in [7, 11) is 0. The summed E-state index contributed by atoms with van der Waals surface area (Å²) in [5, 5.41) is 0. The molecule has 2 aromatic rings. The zero-order chi connectivity index (χ0) is 9.97. The molecule has 0 amide bonds. The van der Waals surface area contributed by atoms with Crippen LogP contribution in [0.3, 0.4) is 0 Å². The van der Waals surface area contributed by atoms with Gasteiger partial charge in [-0.15, -0.1) is 11.3 Å². The Morgan fingerprint density at radius 2 is 2.29 bits per heavy atom. The summed E-state index contributed by atoms with van der Waals surface area (Å²) in [6.07, 6.45) is 4.09. The molecule has 0 unspecified atom stereocenters. The Kier molecular flexibility index (Phi) is 2.37. The number of carbonyl (C=O) groups excluding carboxylic acids is 1. The molecule has 0 aliphatic carbocycles. The van der Waals surface area contributed by atoms with Crippen LogP contribution in [0.2, 0.25) is 0 Å². The van der Waals surface area contributed by atoms with E-state index in [4.69, 9.17) is 0 Å². The van der Waals surface area contributed by atoms with Crippen LogP contribution in [0.25, 0.3) is 10.4 Å². The Balaban J connectivity index is 2.52. The molecular weight excluding hydrogens is 196 g/mol. The molecule has 0 radical (unpaired) electrons. The third-order valence-electron chi connectivity index (χ3n) is 1.90. The van der Waals surface area contributed by atoms with Gasteiger partial charge in [-0.1, -0.05) is 0 Å². The van der Waals surface area contributed by atoms with E-state index in [2.05, 4.69) is 9.97 Å². The van der Waals surface area contributed by atoms with Gasteiger partial charge in [-0.2, -0.15) is 0 Å². The van der Waals surface area contributed by atoms with Gasteiger partial charge in [0.25, 0.3) is 0 Å². The lowest BCUT2D eigenvalue weighted by Gasteiger charge is -1.98. The number of nitrogens with zero attached hydrogens (tertiary/aromatic N) is 2. The Hall–Kier alpha value is -1.55. The number of hydrogen-bond acceptors (Lipinski definition) is 4. The summed E-state index contributed by atoms with van der Waals surface area (Å²) in [6.45, 7) is 1.94. The van der Waals surface area contributed by atoms with Gasteiger partial charge in [0, 0.05) is 23.5 Å². The van der Waals surface area contributed by atoms with Gasteiger partial charge in [0.2, 0.25) is 0 Å². The Morgan fingerprint density at radius 1 is 1.43 bits per heavy atom. The van der Waals surface area contributed by atoms with E-state index in [1.165, 1.54) is 0 Å². The van der Waals surface area contributed by atoms with Crippen molar-refractivity contribution in [1.82, 2.24) is 9.97 Å². The second-order valence-corrected chi connectivity index (χ2v) is 3.75. The van der Waals surface area contributed by atoms with E-state index >= 15 is 0 Å². The number of hydrogen-bond donors (Lipinski definition) is 0. The maximum atomic E-state index is 10.6. The van der Waals surface area contributed by atoms with Crippen molar-refractivity contribution < 1.29 is 4.79 Å². The van der Waals surface area contributed by atoms with Crippen LogP contribution in [0.5, 0.6) is 0 Å². The van der Waals surface area contributed by atoms with Crippen molar-refractivity contribution in [3.8, 4) is 10.4 Å². The van der Waals surface area contributed by atoms with Gasteiger partial charge in [0.15, 0.2) is 6.29 Å². The van der Waals surface area contributed by atoms with E-state index in [1.54, 1.807) is 29.2 Å². The molecule has 2 aromatic heterocycles. The fraction of sp³-hybridized carbons (Fsp3) is 0.100. The molecule has 0 saturated carbocycles. The number of aromatic nitrogens is 2. The number of thiazole rings is 1. The van der Waals surface area contributed by atoms with E-state index in [0.717, 1.165) is 22.4 Å². The van der Waals surface area contributed by atoms with Crippen molar-refractivity contribution in [1.29, 1.82) is 0 Å². The average Bonchev–Trinajstić information content (AvgIpc) is 2.65. The van der Waals surface area contributed by atoms with E-state index < -0.39 is 0 Å². The fourth-order valence-electron chi connectivity index (χ4n) is 1.23. The van der Waals surface area contributed by atoms with E-state index in [0.29, 0.717) is 5.56 Å². The molecule has 0 fully saturated rings. The predicted octanol–water partition coefficient (Wildman–Crippen LogP) is 2.33. The molecule has 70 valence electrons. The molecule has 2 rings (SSSR count). The predicted molar refractivity (Wildman–Crippen MR) is 55.5 cm³/mol. The summed E-state index contributed by atoms with van der Waals surface area (Å²) in [4.78, 5) is 19.8. The van der Waals surface area contributed by atoms with Gasteiger partial charge in [0.1, 0.15) is 0 Å². The topological polar surface area (TPSA) is 42.9 Å². The third-order valence-corrected chi connectivity index (χ3v) is 2.88. The molecular formula is C10H8N2OS. The second kappa shape index (κ2) is 3.67. The van der Waals surface area contributed by atoms with Crippen molar-refractivity contribution >= 4 is 17.6 Å². The van der Waals surface area contributed by atoms with Gasteiger partial charge < -0.3 is 0 Å². The second-order valence-electron chi connectivity index (χ2n) is 2.89. The molecule has 4 heteroatoms. The minimum Gasteiger partial charge on any atom is -0.298 e. The standard InChI is InChI=1S/C10H8N2OS/c1-7-10(14-6-12-7)9-2-8(5-13)3-11-4-9/h2-6H,1H3. The van der Waals surface area contributed by atoms with Crippen molar-refractivity contribution in [3.63, 3.8) is 0 Å². The molecule has 0 aliphatic heterocycles. The maximum absolute atomic E-state index is 10.6. The van der Waals surface area contributed by atoms with Crippen LogP contribution in [0.4, 0.5) is 0 Å². The van der Waals surface area contributed by atoms with Crippen LogP contribution in [0, 0.1) is 6.92 Å². The minimum absolute atomic E-state index is 0.593. The molecule has 0 aliphatic rings. The van der Waals surface area contributed by atoms with Gasteiger partial charge in [-0.25, -0.2) is 4.98 Å². The highest BCUT2D eigenvalue weighted by Crippen LogP contribution is 2.26.